The molecule has 0 radical (unpaired) electrons. The van der Waals surface area contributed by atoms with Crippen molar-refractivity contribution in [3.63, 3.8) is 0 Å². The first-order valence-corrected chi connectivity index (χ1v) is 5.32. The average molecular weight is 230 g/mol. The van der Waals surface area contributed by atoms with E-state index in [2.05, 4.69) is 20.3 Å². The van der Waals surface area contributed by atoms with E-state index in [1.807, 2.05) is 12.1 Å². The van der Waals surface area contributed by atoms with Gasteiger partial charge in [0.05, 0.1) is 7.11 Å². The predicted octanol–water partition coefficient (Wildman–Crippen LogP) is 1.17. The minimum Gasteiger partial charge on any atom is -0.481 e. The molecule has 0 unspecified atom stereocenters. The van der Waals surface area contributed by atoms with Gasteiger partial charge < -0.3 is 10.1 Å². The van der Waals surface area contributed by atoms with E-state index < -0.39 is 0 Å². The molecule has 5 heteroatoms. The first-order valence-electron chi connectivity index (χ1n) is 5.32. The van der Waals surface area contributed by atoms with Crippen LogP contribution in [0, 0.1) is 0 Å². The molecule has 0 saturated heterocycles. The topological polar surface area (TPSA) is 59.9 Å². The van der Waals surface area contributed by atoms with Crippen LogP contribution < -0.4 is 10.1 Å². The highest BCUT2D eigenvalue weighted by Gasteiger charge is 2.02. The molecule has 0 bridgehead atoms. The summed E-state index contributed by atoms with van der Waals surface area (Å²) in [5, 5.41) is 3.29. The van der Waals surface area contributed by atoms with Gasteiger partial charge in [-0.1, -0.05) is 6.07 Å². The second-order valence-electron chi connectivity index (χ2n) is 3.52. The normalized spacial score (nSPS) is 10.2. The van der Waals surface area contributed by atoms with Crippen molar-refractivity contribution in [1.82, 2.24) is 20.3 Å². The van der Waals surface area contributed by atoms with Crippen molar-refractivity contribution in [2.45, 2.75) is 13.1 Å². The summed E-state index contributed by atoms with van der Waals surface area (Å²) in [6, 6.07) is 3.88. The van der Waals surface area contributed by atoms with E-state index in [4.69, 9.17) is 4.74 Å². The molecule has 0 aliphatic rings. The van der Waals surface area contributed by atoms with Gasteiger partial charge in [-0.15, -0.1) is 0 Å². The van der Waals surface area contributed by atoms with E-state index in [1.165, 1.54) is 6.33 Å². The zero-order valence-corrected chi connectivity index (χ0v) is 9.63. The molecule has 2 aromatic rings. The number of pyridine rings is 1. The predicted molar refractivity (Wildman–Crippen MR) is 63.4 cm³/mol. The molecule has 2 rings (SSSR count). The van der Waals surface area contributed by atoms with Crippen molar-refractivity contribution in [3.8, 4) is 5.88 Å². The Morgan fingerprint density at radius 3 is 2.82 bits per heavy atom. The zero-order valence-electron chi connectivity index (χ0n) is 9.63. The third-order valence-corrected chi connectivity index (χ3v) is 2.30. The number of hydrogen-bond acceptors (Lipinski definition) is 5. The van der Waals surface area contributed by atoms with Crippen LogP contribution in [0.2, 0.25) is 0 Å². The molecular weight excluding hydrogens is 216 g/mol. The molecule has 0 spiro atoms. The van der Waals surface area contributed by atoms with E-state index in [0.717, 1.165) is 17.7 Å². The van der Waals surface area contributed by atoms with Gasteiger partial charge in [-0.25, -0.2) is 15.0 Å². The van der Waals surface area contributed by atoms with Crippen LogP contribution in [0.1, 0.15) is 11.1 Å². The molecule has 0 aliphatic carbocycles. The number of ether oxygens (including phenoxy) is 1. The molecule has 88 valence electrons. The highest BCUT2D eigenvalue weighted by Crippen LogP contribution is 2.12. The van der Waals surface area contributed by atoms with Crippen molar-refractivity contribution in [2.24, 2.45) is 0 Å². The Bertz CT molecular complexity index is 461. The summed E-state index contributed by atoms with van der Waals surface area (Å²) in [5.41, 5.74) is 2.09. The molecule has 0 fully saturated rings. The van der Waals surface area contributed by atoms with Gasteiger partial charge in [0.1, 0.15) is 6.33 Å². The van der Waals surface area contributed by atoms with Crippen LogP contribution in [-0.2, 0) is 13.1 Å². The molecule has 0 atom stereocenters. The summed E-state index contributed by atoms with van der Waals surface area (Å²) in [6.45, 7) is 1.42. The summed E-state index contributed by atoms with van der Waals surface area (Å²) in [6.07, 6.45) is 6.82. The Kier molecular flexibility index (Phi) is 3.99. The summed E-state index contributed by atoms with van der Waals surface area (Å²) in [5.74, 6) is 0.657. The van der Waals surface area contributed by atoms with Gasteiger partial charge in [0, 0.05) is 42.8 Å². The van der Waals surface area contributed by atoms with Gasteiger partial charge in [-0.05, 0) is 6.07 Å². The Hall–Kier alpha value is -2.01. The lowest BCUT2D eigenvalue weighted by molar-refractivity contribution is 0.390. The molecule has 0 aromatic carbocycles. The smallest absolute Gasteiger partial charge is 0.217 e. The van der Waals surface area contributed by atoms with Crippen LogP contribution >= 0.6 is 0 Å². The third kappa shape index (κ3) is 3.22. The lowest BCUT2D eigenvalue weighted by atomic mass is 10.2. The largest absolute Gasteiger partial charge is 0.481 e. The first-order chi connectivity index (χ1) is 8.40. The van der Waals surface area contributed by atoms with E-state index >= 15 is 0 Å². The fraction of sp³-hybridized carbons (Fsp3) is 0.250. The average Bonchev–Trinajstić information content (AvgIpc) is 2.40. The minimum absolute atomic E-state index is 0.657. The maximum absolute atomic E-state index is 5.17. The van der Waals surface area contributed by atoms with Crippen molar-refractivity contribution < 1.29 is 4.74 Å². The van der Waals surface area contributed by atoms with E-state index in [-0.39, 0.29) is 0 Å². The van der Waals surface area contributed by atoms with Gasteiger partial charge >= 0.3 is 0 Å². The number of nitrogens with one attached hydrogen (secondary N) is 1. The molecular formula is C12H14N4O. The van der Waals surface area contributed by atoms with E-state index in [0.29, 0.717) is 12.4 Å². The second kappa shape index (κ2) is 5.91. The van der Waals surface area contributed by atoms with Crippen LogP contribution in [0.15, 0.2) is 37.1 Å². The van der Waals surface area contributed by atoms with Gasteiger partial charge in [-0.3, -0.25) is 0 Å². The highest BCUT2D eigenvalue weighted by atomic mass is 16.5. The summed E-state index contributed by atoms with van der Waals surface area (Å²) >= 11 is 0. The SMILES string of the molecule is COc1ncccc1CNCc1cncnc1. The molecule has 0 amide bonds. The number of hydrogen-bond donors (Lipinski definition) is 1. The molecule has 1 N–H and O–H groups in total. The Labute approximate surface area is 99.9 Å². The lowest BCUT2D eigenvalue weighted by Crippen LogP contribution is -2.14. The quantitative estimate of drug-likeness (QED) is 0.835. The highest BCUT2D eigenvalue weighted by molar-refractivity contribution is 5.25. The number of rotatable bonds is 5. The fourth-order valence-corrected chi connectivity index (χ4v) is 1.51. The maximum atomic E-state index is 5.17. The van der Waals surface area contributed by atoms with Crippen molar-refractivity contribution in [2.75, 3.05) is 7.11 Å². The number of methoxy groups -OCH3 is 1. The second-order valence-corrected chi connectivity index (χ2v) is 3.52. The monoisotopic (exact) mass is 230 g/mol. The molecule has 0 aliphatic heterocycles. The van der Waals surface area contributed by atoms with Crippen LogP contribution in [0.25, 0.3) is 0 Å². The first kappa shape index (κ1) is 11.5. The van der Waals surface area contributed by atoms with Crippen molar-refractivity contribution >= 4 is 0 Å². The molecule has 2 heterocycles. The maximum Gasteiger partial charge on any atom is 0.217 e. The van der Waals surface area contributed by atoms with Crippen LogP contribution in [0.4, 0.5) is 0 Å². The Balaban J connectivity index is 1.90. The Morgan fingerprint density at radius 2 is 2.06 bits per heavy atom. The van der Waals surface area contributed by atoms with Crippen LogP contribution in [0.3, 0.4) is 0 Å². The van der Waals surface area contributed by atoms with Gasteiger partial charge in [0.25, 0.3) is 0 Å². The Morgan fingerprint density at radius 1 is 1.24 bits per heavy atom. The minimum atomic E-state index is 0.657. The van der Waals surface area contributed by atoms with E-state index in [1.54, 1.807) is 25.7 Å². The van der Waals surface area contributed by atoms with Gasteiger partial charge in [0.15, 0.2) is 0 Å². The molecule has 0 saturated carbocycles. The van der Waals surface area contributed by atoms with Crippen molar-refractivity contribution in [3.05, 3.63) is 48.2 Å². The molecule has 2 aromatic heterocycles. The fourth-order valence-electron chi connectivity index (χ4n) is 1.51. The summed E-state index contributed by atoms with van der Waals surface area (Å²) in [4.78, 5) is 12.0. The standard InChI is InChI=1S/C12H14N4O/c1-17-12-11(3-2-4-16-12)8-13-5-10-6-14-9-15-7-10/h2-4,6-7,9,13H,5,8H2,1H3. The van der Waals surface area contributed by atoms with E-state index in [9.17, 15) is 0 Å². The zero-order chi connectivity index (χ0) is 11.9. The third-order valence-electron chi connectivity index (χ3n) is 2.30. The van der Waals surface area contributed by atoms with Gasteiger partial charge in [-0.2, -0.15) is 0 Å². The van der Waals surface area contributed by atoms with Crippen LogP contribution in [0.5, 0.6) is 5.88 Å². The van der Waals surface area contributed by atoms with Gasteiger partial charge in [0.2, 0.25) is 5.88 Å². The number of aromatic nitrogens is 3. The van der Waals surface area contributed by atoms with Crippen molar-refractivity contribution in [1.29, 1.82) is 0 Å². The molecule has 5 nitrogen and oxygen atoms in total. The summed E-state index contributed by atoms with van der Waals surface area (Å²) in [7, 11) is 1.62. The van der Waals surface area contributed by atoms with Crippen LogP contribution in [-0.4, -0.2) is 22.1 Å². The molecule has 17 heavy (non-hydrogen) atoms. The number of nitrogens with zero attached hydrogens (tertiary/aromatic N) is 3. The summed E-state index contributed by atoms with van der Waals surface area (Å²) < 4.78 is 5.17. The lowest BCUT2D eigenvalue weighted by Gasteiger charge is -2.07.